The van der Waals surface area contributed by atoms with Crippen molar-refractivity contribution in [1.29, 1.82) is 0 Å². The largest absolute Gasteiger partial charge is 0.418 e. The molecule has 2 N–H and O–H groups in total. The molecule has 1 fully saturated rings. The molecule has 5 rings (SSSR count). The average molecular weight is 535 g/mol. The molecule has 2 aromatic carbocycles. The predicted molar refractivity (Wildman–Crippen MR) is 142 cm³/mol. The summed E-state index contributed by atoms with van der Waals surface area (Å²) in [5.74, 6) is -0.221. The monoisotopic (exact) mass is 534 g/mol. The van der Waals surface area contributed by atoms with Crippen LogP contribution in [0.1, 0.15) is 21.5 Å². The Bertz CT molecular complexity index is 1470. The second-order valence-corrected chi connectivity index (χ2v) is 8.95. The zero-order valence-corrected chi connectivity index (χ0v) is 21.0. The van der Waals surface area contributed by atoms with Crippen molar-refractivity contribution in [3.8, 4) is 11.3 Å². The van der Waals surface area contributed by atoms with Crippen molar-refractivity contribution in [2.75, 3.05) is 41.8 Å². The van der Waals surface area contributed by atoms with E-state index in [9.17, 15) is 18.0 Å². The summed E-state index contributed by atoms with van der Waals surface area (Å²) in [7, 11) is 0. The van der Waals surface area contributed by atoms with Crippen LogP contribution in [0.25, 0.3) is 11.3 Å². The predicted octanol–water partition coefficient (Wildman–Crippen LogP) is 5.70. The molecule has 39 heavy (non-hydrogen) atoms. The van der Waals surface area contributed by atoms with Gasteiger partial charge in [-0.25, -0.2) is 9.97 Å². The molecule has 1 amide bonds. The normalized spacial score (nSPS) is 13.7. The summed E-state index contributed by atoms with van der Waals surface area (Å²) in [6, 6.07) is 14.2. The Kier molecular flexibility index (Phi) is 7.42. The van der Waals surface area contributed by atoms with Gasteiger partial charge in [-0.2, -0.15) is 13.2 Å². The minimum absolute atomic E-state index is 0.0481. The number of carbonyl (C=O) groups is 1. The number of nitrogens with one attached hydrogen (secondary N) is 2. The summed E-state index contributed by atoms with van der Waals surface area (Å²) in [6.45, 7) is 3.30. The molecule has 11 heteroatoms. The molecule has 200 valence electrons. The Morgan fingerprint density at radius 1 is 1.03 bits per heavy atom. The highest BCUT2D eigenvalue weighted by Gasteiger charge is 2.35. The summed E-state index contributed by atoms with van der Waals surface area (Å²) in [6.07, 6.45) is 0.397. The summed E-state index contributed by atoms with van der Waals surface area (Å²) < 4.78 is 46.9. The first-order valence-corrected chi connectivity index (χ1v) is 12.2. The van der Waals surface area contributed by atoms with Crippen LogP contribution in [0, 0.1) is 6.92 Å². The zero-order valence-electron chi connectivity index (χ0n) is 21.0. The lowest BCUT2D eigenvalue weighted by molar-refractivity contribution is -0.137. The van der Waals surface area contributed by atoms with Gasteiger partial charge < -0.3 is 20.3 Å². The topological polar surface area (TPSA) is 92.3 Å². The summed E-state index contributed by atoms with van der Waals surface area (Å²) in [5, 5.41) is 5.72. The van der Waals surface area contributed by atoms with Crippen molar-refractivity contribution in [2.45, 2.75) is 13.1 Å². The highest BCUT2D eigenvalue weighted by molar-refractivity contribution is 6.05. The molecule has 1 aliphatic rings. The minimum atomic E-state index is -4.58. The number of anilines is 4. The number of hydrogen-bond acceptors (Lipinski definition) is 7. The van der Waals surface area contributed by atoms with Gasteiger partial charge in [0.15, 0.2) is 0 Å². The number of rotatable bonds is 6. The number of alkyl halides is 3. The van der Waals surface area contributed by atoms with E-state index in [4.69, 9.17) is 4.74 Å². The van der Waals surface area contributed by atoms with Crippen molar-refractivity contribution in [3.05, 3.63) is 89.9 Å². The molecule has 0 atom stereocenters. The fraction of sp³-hybridized carbons (Fsp3) is 0.214. The molecule has 0 aliphatic carbocycles. The number of nitrogens with zero attached hydrogens (tertiary/aromatic N) is 4. The summed E-state index contributed by atoms with van der Waals surface area (Å²) in [5.41, 5.74) is 2.49. The number of benzene rings is 2. The maximum Gasteiger partial charge on any atom is 0.418 e. The van der Waals surface area contributed by atoms with Crippen molar-refractivity contribution in [3.63, 3.8) is 0 Å². The molecular weight excluding hydrogens is 509 g/mol. The van der Waals surface area contributed by atoms with Crippen LogP contribution in [0.15, 0.2) is 73.2 Å². The van der Waals surface area contributed by atoms with E-state index in [1.165, 1.54) is 12.1 Å². The number of aryl methyl sites for hydroxylation is 1. The third-order valence-corrected chi connectivity index (χ3v) is 6.27. The van der Waals surface area contributed by atoms with Crippen molar-refractivity contribution < 1.29 is 22.7 Å². The summed E-state index contributed by atoms with van der Waals surface area (Å²) in [4.78, 5) is 27.6. The molecule has 3 heterocycles. The molecule has 0 spiro atoms. The first-order chi connectivity index (χ1) is 18.8. The Morgan fingerprint density at radius 3 is 2.59 bits per heavy atom. The van der Waals surface area contributed by atoms with Gasteiger partial charge in [-0.05, 0) is 61.0 Å². The fourth-order valence-electron chi connectivity index (χ4n) is 4.24. The third-order valence-electron chi connectivity index (χ3n) is 6.27. The second kappa shape index (κ2) is 11.1. The number of hydrogen-bond donors (Lipinski definition) is 2. The van der Waals surface area contributed by atoms with Crippen LogP contribution in [0.3, 0.4) is 0 Å². The number of pyridine rings is 1. The van der Waals surface area contributed by atoms with Gasteiger partial charge in [0.25, 0.3) is 5.91 Å². The second-order valence-electron chi connectivity index (χ2n) is 8.95. The lowest BCUT2D eigenvalue weighted by atomic mass is 10.1. The third kappa shape index (κ3) is 6.15. The van der Waals surface area contributed by atoms with Crippen LogP contribution < -0.4 is 15.5 Å². The molecule has 1 saturated heterocycles. The number of amides is 1. The van der Waals surface area contributed by atoms with Gasteiger partial charge in [0.05, 0.1) is 24.5 Å². The van der Waals surface area contributed by atoms with Gasteiger partial charge in [-0.1, -0.05) is 6.07 Å². The quantitative estimate of drug-likeness (QED) is 0.328. The first-order valence-electron chi connectivity index (χ1n) is 12.2. The van der Waals surface area contributed by atoms with E-state index >= 15 is 0 Å². The van der Waals surface area contributed by atoms with Crippen LogP contribution in [0.5, 0.6) is 0 Å². The van der Waals surface area contributed by atoms with Crippen LogP contribution in [0.2, 0.25) is 0 Å². The van der Waals surface area contributed by atoms with Crippen LogP contribution in [-0.2, 0) is 10.9 Å². The van der Waals surface area contributed by atoms with Gasteiger partial charge in [0.2, 0.25) is 5.95 Å². The lowest BCUT2D eigenvalue weighted by Gasteiger charge is -2.31. The van der Waals surface area contributed by atoms with Crippen LogP contribution in [-0.4, -0.2) is 47.2 Å². The Morgan fingerprint density at radius 2 is 1.85 bits per heavy atom. The molecule has 0 bridgehead atoms. The Balaban J connectivity index is 1.36. The average Bonchev–Trinajstić information content (AvgIpc) is 2.95. The number of carbonyl (C=O) groups excluding carboxylic acids is 1. The Hall–Kier alpha value is -4.51. The zero-order chi connectivity index (χ0) is 27.4. The molecule has 0 saturated carbocycles. The van der Waals surface area contributed by atoms with Crippen molar-refractivity contribution in [2.24, 2.45) is 0 Å². The standard InChI is InChI=1S/C28H25F3N6O2/c1-18-4-5-19(15-24(18)36-27-33-10-8-23(35-27)20-3-2-9-32-17-20)26(38)34-21-6-7-25(22(16-21)28(29,30)31)37-11-13-39-14-12-37/h2-10,15-17H,11-14H2,1H3,(H,34,38)(H,33,35,36). The molecule has 8 nitrogen and oxygen atoms in total. The fourth-order valence-corrected chi connectivity index (χ4v) is 4.24. The van der Waals surface area contributed by atoms with Crippen molar-refractivity contribution >= 4 is 28.9 Å². The van der Waals surface area contributed by atoms with Crippen LogP contribution >= 0.6 is 0 Å². The molecule has 1 aliphatic heterocycles. The van der Waals surface area contributed by atoms with E-state index in [0.717, 1.165) is 17.2 Å². The summed E-state index contributed by atoms with van der Waals surface area (Å²) >= 11 is 0. The number of aromatic nitrogens is 3. The van der Waals surface area contributed by atoms with E-state index in [0.29, 0.717) is 43.6 Å². The molecule has 4 aromatic rings. The van der Waals surface area contributed by atoms with E-state index in [2.05, 4.69) is 25.6 Å². The number of ether oxygens (including phenoxy) is 1. The van der Waals surface area contributed by atoms with Gasteiger partial charge in [-0.3, -0.25) is 9.78 Å². The molecule has 0 radical (unpaired) electrons. The number of morpholine rings is 1. The SMILES string of the molecule is Cc1ccc(C(=O)Nc2ccc(N3CCOCC3)c(C(F)(F)F)c2)cc1Nc1nccc(-c2cccnc2)n1. The van der Waals surface area contributed by atoms with Crippen LogP contribution in [0.4, 0.5) is 36.2 Å². The van der Waals surface area contributed by atoms with E-state index < -0.39 is 17.6 Å². The van der Waals surface area contributed by atoms with Gasteiger partial charge in [0.1, 0.15) is 0 Å². The van der Waals surface area contributed by atoms with Crippen molar-refractivity contribution in [1.82, 2.24) is 15.0 Å². The van der Waals surface area contributed by atoms with E-state index in [-0.39, 0.29) is 16.9 Å². The smallest absolute Gasteiger partial charge is 0.378 e. The molecule has 0 unspecified atom stereocenters. The highest BCUT2D eigenvalue weighted by atomic mass is 19.4. The van der Waals surface area contributed by atoms with Gasteiger partial charge >= 0.3 is 6.18 Å². The highest BCUT2D eigenvalue weighted by Crippen LogP contribution is 2.38. The minimum Gasteiger partial charge on any atom is -0.378 e. The van der Waals surface area contributed by atoms with E-state index in [1.807, 2.05) is 19.1 Å². The van der Waals surface area contributed by atoms with Gasteiger partial charge in [0, 0.05) is 59.9 Å². The maximum absolute atomic E-state index is 13.9. The van der Waals surface area contributed by atoms with E-state index in [1.54, 1.807) is 47.8 Å². The van der Waals surface area contributed by atoms with Gasteiger partial charge in [-0.15, -0.1) is 0 Å². The number of halogens is 3. The first kappa shape index (κ1) is 26.1. The maximum atomic E-state index is 13.9. The Labute approximate surface area is 222 Å². The molecular formula is C28H25F3N6O2. The molecule has 2 aromatic heterocycles. The lowest BCUT2D eigenvalue weighted by Crippen LogP contribution is -2.37.